The Morgan fingerprint density at radius 2 is 0.411 bits per heavy atom. The molecule has 0 saturated heterocycles. The summed E-state index contributed by atoms with van der Waals surface area (Å²) in [6, 6.07) is 27.8. The van der Waals surface area contributed by atoms with Gasteiger partial charge in [-0.3, -0.25) is 0 Å². The van der Waals surface area contributed by atoms with Gasteiger partial charge in [0.05, 0.1) is 25.3 Å². The molecule has 0 aliphatic heterocycles. The molecule has 804 valence electrons. The van der Waals surface area contributed by atoms with Gasteiger partial charge in [0, 0.05) is 22.3 Å². The lowest BCUT2D eigenvalue weighted by Gasteiger charge is -2.38. The fourth-order valence-corrected chi connectivity index (χ4v) is 24.9. The lowest BCUT2D eigenvalue weighted by molar-refractivity contribution is 0.155. The second kappa shape index (κ2) is 63.5. The molecule has 0 aromatic heterocycles. The van der Waals surface area contributed by atoms with E-state index in [-0.39, 0.29) is 69.8 Å². The van der Waals surface area contributed by atoms with Gasteiger partial charge in [0.1, 0.15) is 23.3 Å². The molecule has 0 heterocycles. The Kier molecular flexibility index (Phi) is 52.2. The van der Waals surface area contributed by atoms with Gasteiger partial charge in [-0.1, -0.05) is 218 Å². The maximum Gasteiger partial charge on any atom is 0.228 e. The smallest absolute Gasteiger partial charge is 0.228 e. The third kappa shape index (κ3) is 35.3. The highest BCUT2D eigenvalue weighted by atomic mass is 19.2. The summed E-state index contributed by atoms with van der Waals surface area (Å²) in [6.45, 7) is 14.5. The van der Waals surface area contributed by atoms with Gasteiger partial charge in [-0.15, -0.1) is 0 Å². The fourth-order valence-electron chi connectivity index (χ4n) is 24.9. The van der Waals surface area contributed by atoms with E-state index >= 15 is 0 Å². The zero-order valence-corrected chi connectivity index (χ0v) is 85.6. The van der Waals surface area contributed by atoms with Crippen LogP contribution in [0.15, 0.2) is 173 Å². The molecule has 16 rings (SSSR count). The zero-order valence-electron chi connectivity index (χ0n) is 85.6. The average Bonchev–Trinajstić information content (AvgIpc) is 0.804. The van der Waals surface area contributed by atoms with Crippen molar-refractivity contribution in [3.63, 3.8) is 0 Å². The number of ether oxygens (including phenoxy) is 4. The molecule has 8 saturated carbocycles. The van der Waals surface area contributed by atoms with E-state index in [1.807, 2.05) is 24.3 Å². The first-order chi connectivity index (χ1) is 70.6. The highest BCUT2D eigenvalue weighted by molar-refractivity contribution is 5.69. The van der Waals surface area contributed by atoms with Gasteiger partial charge in [0.25, 0.3) is 0 Å². The minimum Gasteiger partial charge on any atom is -0.457 e. The van der Waals surface area contributed by atoms with Crippen LogP contribution < -0.4 is 18.9 Å². The van der Waals surface area contributed by atoms with Crippen molar-refractivity contribution in [1.82, 2.24) is 0 Å². The minimum absolute atomic E-state index is 0.0710. The van der Waals surface area contributed by atoms with E-state index in [1.54, 1.807) is 24.3 Å². The molecular formula is C122H152F20O4. The summed E-state index contributed by atoms with van der Waals surface area (Å²) < 4.78 is 279. The fraction of sp³-hybridized carbons (Fsp3) is 0.541. The van der Waals surface area contributed by atoms with E-state index in [2.05, 4.69) is 73.0 Å². The van der Waals surface area contributed by atoms with Gasteiger partial charge in [-0.2, -0.15) is 0 Å². The Balaban J connectivity index is 0.000000209. The number of unbranched alkanes of at least 4 members (excludes halogenated alkanes) is 3. The van der Waals surface area contributed by atoms with Crippen LogP contribution in [-0.2, 0) is 0 Å². The van der Waals surface area contributed by atoms with Crippen LogP contribution in [0.1, 0.15) is 343 Å². The standard InChI is InChI=1S/C30H38F4O.C29H36F4O.C28H34F4O.C27H32F4O.4C2H3F/c1-2-3-4-5-20-6-8-21(9-7-20)22-10-12-23(13-11-22)24-14-15-26(27(32)16-24)25-17-28(33)30(35-19-31)29(34)18-25;1-2-3-4-19-5-7-20(8-6-19)21-9-11-22(12-10-21)23-13-14-25(26(31)15-23)24-16-27(32)29(34-18-30)28(33)17-24;1-2-3-18-4-6-19(7-5-18)20-8-10-21(11-9-20)22-12-13-24(25(30)14-22)23-15-26(31)28(33-17-29)27(32)16-23;1-2-17-3-5-18(6-4-17)19-7-9-20(10-8-19)21-11-12-23(24(29)13-21)22-14-25(30)27(32-16-28)26(31)15-22;4*1-2-3/h14-18,20-23H,2-13,19H2,1H3;13-17,19-22H,2-12,18H2,1H3;12-16,18-21H,2-11,17H2,1H3;11-15,17-20H,2-10,16H2,1H3;4*2H,1H2. The number of hydrogen-bond donors (Lipinski definition) is 0. The third-order valence-electron chi connectivity index (χ3n) is 32.7. The zero-order chi connectivity index (χ0) is 106. The Labute approximate surface area is 854 Å². The number of benzene rings is 8. The Morgan fingerprint density at radius 1 is 0.226 bits per heavy atom. The summed E-state index contributed by atoms with van der Waals surface area (Å²) in [4.78, 5) is 0. The van der Waals surface area contributed by atoms with Gasteiger partial charge in [0.15, 0.2) is 69.5 Å². The van der Waals surface area contributed by atoms with Crippen molar-refractivity contribution in [2.45, 2.75) is 321 Å². The molecule has 0 atom stereocenters. The molecule has 0 spiro atoms. The third-order valence-corrected chi connectivity index (χ3v) is 32.7. The van der Waals surface area contributed by atoms with Crippen molar-refractivity contribution in [3.8, 4) is 67.5 Å². The number of halogens is 20. The molecule has 24 heteroatoms. The van der Waals surface area contributed by atoms with Crippen LogP contribution in [0.3, 0.4) is 0 Å². The molecule has 0 bridgehead atoms. The minimum atomic E-state index is -1.33. The van der Waals surface area contributed by atoms with Crippen LogP contribution in [0.2, 0.25) is 0 Å². The van der Waals surface area contributed by atoms with Crippen LogP contribution in [0, 0.1) is 141 Å². The molecule has 0 unspecified atom stereocenters. The van der Waals surface area contributed by atoms with Crippen molar-refractivity contribution in [2.75, 3.05) is 27.4 Å². The predicted octanol–water partition coefficient (Wildman–Crippen LogP) is 41.0. The van der Waals surface area contributed by atoms with Gasteiger partial charge in [-0.05, 0) is 366 Å². The molecule has 0 amide bonds. The first kappa shape index (κ1) is 120. The van der Waals surface area contributed by atoms with E-state index in [0.717, 1.165) is 193 Å². The van der Waals surface area contributed by atoms with E-state index in [4.69, 9.17) is 0 Å². The second-order valence-corrected chi connectivity index (χ2v) is 41.1. The molecule has 0 radical (unpaired) electrons. The van der Waals surface area contributed by atoms with Crippen LogP contribution in [0.5, 0.6) is 23.0 Å². The largest absolute Gasteiger partial charge is 0.457 e. The van der Waals surface area contributed by atoms with E-state index in [9.17, 15) is 87.8 Å². The first-order valence-electron chi connectivity index (χ1n) is 53.4. The second-order valence-electron chi connectivity index (χ2n) is 41.1. The topological polar surface area (TPSA) is 36.9 Å². The molecule has 4 nitrogen and oxygen atoms in total. The van der Waals surface area contributed by atoms with Gasteiger partial charge >= 0.3 is 0 Å². The molecule has 8 aliphatic carbocycles. The summed E-state index contributed by atoms with van der Waals surface area (Å²) in [7, 11) is 0. The van der Waals surface area contributed by atoms with Gasteiger partial charge in [-0.25, -0.2) is 87.8 Å². The van der Waals surface area contributed by atoms with Gasteiger partial charge < -0.3 is 18.9 Å². The highest BCUT2D eigenvalue weighted by Gasteiger charge is 2.38. The van der Waals surface area contributed by atoms with Crippen molar-refractivity contribution in [3.05, 3.63) is 265 Å². The average molecular weight is 2060 g/mol. The van der Waals surface area contributed by atoms with Crippen LogP contribution in [0.25, 0.3) is 44.5 Å². The highest BCUT2D eigenvalue weighted by Crippen LogP contribution is 2.52. The van der Waals surface area contributed by atoms with Crippen LogP contribution in [-0.4, -0.2) is 27.4 Å². The molecular weight excluding hydrogens is 1910 g/mol. The normalized spacial score (nSPS) is 23.8. The van der Waals surface area contributed by atoms with Crippen LogP contribution in [0.4, 0.5) is 87.8 Å². The lowest BCUT2D eigenvalue weighted by atomic mass is 9.68. The Bertz CT molecular complexity index is 5100. The predicted molar refractivity (Wildman–Crippen MR) is 548 cm³/mol. The number of alkyl halides is 4. The van der Waals surface area contributed by atoms with Crippen molar-refractivity contribution < 1.29 is 107 Å². The monoisotopic (exact) mass is 2060 g/mol. The molecule has 0 N–H and O–H groups in total. The summed E-state index contributed by atoms with van der Waals surface area (Å²) in [5.74, 6) is -1.88. The number of hydrogen-bond acceptors (Lipinski definition) is 4. The quantitative estimate of drug-likeness (QED) is 0.0332. The SMILES string of the molecule is C=CF.C=CF.C=CF.C=CF.CCC1CCC(C2CCC(c3ccc(-c4cc(F)c(OCF)c(F)c4)c(F)c3)CC2)CC1.CCCC1CCC(C2CCC(c3ccc(-c4cc(F)c(OCF)c(F)c4)c(F)c3)CC2)CC1.CCCCC1CCC(C2CCC(c3ccc(-c4cc(F)c(OCF)c(F)c4)c(F)c3)CC2)CC1.CCCCCC1CCC(C2CCC(c3ccc(-c4cc(F)c(OCF)c(F)c4)c(F)c3)CC2)CC1. The summed E-state index contributed by atoms with van der Waals surface area (Å²) in [5.41, 5.74) is 4.63. The molecule has 8 fully saturated rings. The van der Waals surface area contributed by atoms with E-state index < -0.39 is 120 Å². The summed E-state index contributed by atoms with van der Waals surface area (Å²) >= 11 is 0. The number of rotatable bonds is 30. The first-order valence-corrected chi connectivity index (χ1v) is 53.4. The Morgan fingerprint density at radius 3 is 0.589 bits per heavy atom. The lowest BCUT2D eigenvalue weighted by Crippen LogP contribution is -2.25. The maximum absolute atomic E-state index is 15.0. The molecule has 8 aromatic rings. The van der Waals surface area contributed by atoms with Gasteiger partial charge in [0.2, 0.25) is 27.4 Å². The molecule has 8 aliphatic rings. The summed E-state index contributed by atoms with van der Waals surface area (Å²) in [5, 5.41) is 0. The Hall–Kier alpha value is -9.48. The van der Waals surface area contributed by atoms with Crippen molar-refractivity contribution in [1.29, 1.82) is 0 Å². The van der Waals surface area contributed by atoms with E-state index in [1.165, 1.54) is 243 Å². The molecule has 8 aromatic carbocycles. The molecule has 146 heavy (non-hydrogen) atoms. The maximum atomic E-state index is 15.0. The summed E-state index contributed by atoms with van der Waals surface area (Å²) in [6.07, 6.45) is 54.6. The van der Waals surface area contributed by atoms with Crippen molar-refractivity contribution >= 4 is 0 Å². The van der Waals surface area contributed by atoms with Crippen LogP contribution >= 0.6 is 0 Å². The van der Waals surface area contributed by atoms with Crippen molar-refractivity contribution in [2.24, 2.45) is 71.0 Å². The van der Waals surface area contributed by atoms with E-state index in [0.29, 0.717) is 23.7 Å².